The molecule has 0 saturated carbocycles. The van der Waals surface area contributed by atoms with E-state index in [1.807, 2.05) is 13.0 Å². The van der Waals surface area contributed by atoms with Crippen molar-refractivity contribution in [1.82, 2.24) is 4.98 Å². The molecule has 18 heavy (non-hydrogen) atoms. The van der Waals surface area contributed by atoms with Crippen molar-refractivity contribution in [1.29, 1.82) is 0 Å². The highest BCUT2D eigenvalue weighted by atomic mass is 15.2. The molecule has 0 amide bonds. The summed E-state index contributed by atoms with van der Waals surface area (Å²) in [7, 11) is 0. The molecular weight excluding hydrogens is 222 g/mol. The van der Waals surface area contributed by atoms with Gasteiger partial charge in [-0.25, -0.2) is 4.98 Å². The van der Waals surface area contributed by atoms with Crippen LogP contribution in [0.25, 0.3) is 0 Å². The lowest BCUT2D eigenvalue weighted by Gasteiger charge is -2.23. The van der Waals surface area contributed by atoms with Gasteiger partial charge in [-0.05, 0) is 50.2 Å². The molecule has 3 nitrogen and oxygen atoms in total. The second-order valence-electron chi connectivity index (χ2n) is 5.77. The van der Waals surface area contributed by atoms with Crippen LogP contribution >= 0.6 is 0 Å². The number of nitrogen functional groups attached to an aromatic ring is 1. The molecule has 0 aliphatic carbocycles. The lowest BCUT2D eigenvalue weighted by atomic mass is 9.89. The van der Waals surface area contributed by atoms with Crippen LogP contribution in [0.3, 0.4) is 0 Å². The SMILES string of the molecule is Cc1nc(N2CCCC(C(C)C)CC2)ccc1N. The molecule has 1 atom stereocenters. The normalized spacial score (nSPS) is 21.1. The third-order valence-corrected chi connectivity index (χ3v) is 4.15. The van der Waals surface area contributed by atoms with Crippen molar-refractivity contribution in [2.45, 2.75) is 40.0 Å². The molecule has 1 fully saturated rings. The van der Waals surface area contributed by atoms with E-state index < -0.39 is 0 Å². The number of nitrogens with zero attached hydrogens (tertiary/aromatic N) is 2. The Balaban J connectivity index is 2.07. The Hall–Kier alpha value is -1.25. The van der Waals surface area contributed by atoms with E-state index in [0.717, 1.165) is 42.1 Å². The van der Waals surface area contributed by atoms with Crippen LogP contribution in [0.15, 0.2) is 12.1 Å². The van der Waals surface area contributed by atoms with E-state index in [9.17, 15) is 0 Å². The van der Waals surface area contributed by atoms with E-state index >= 15 is 0 Å². The minimum absolute atomic E-state index is 0.786. The minimum Gasteiger partial charge on any atom is -0.397 e. The van der Waals surface area contributed by atoms with Gasteiger partial charge in [-0.3, -0.25) is 0 Å². The molecule has 0 aromatic carbocycles. The number of anilines is 2. The Labute approximate surface area is 110 Å². The Morgan fingerprint density at radius 1 is 1.28 bits per heavy atom. The molecule has 0 radical (unpaired) electrons. The van der Waals surface area contributed by atoms with E-state index in [2.05, 4.69) is 29.8 Å². The van der Waals surface area contributed by atoms with Crippen LogP contribution in [0.4, 0.5) is 11.5 Å². The average molecular weight is 247 g/mol. The first-order chi connectivity index (χ1) is 8.58. The predicted octanol–water partition coefficient (Wildman–Crippen LogP) is 3.23. The molecule has 2 N–H and O–H groups in total. The topological polar surface area (TPSA) is 42.2 Å². The van der Waals surface area contributed by atoms with Crippen molar-refractivity contribution in [2.75, 3.05) is 23.7 Å². The van der Waals surface area contributed by atoms with Crippen molar-refractivity contribution < 1.29 is 0 Å². The van der Waals surface area contributed by atoms with Crippen molar-refractivity contribution in [2.24, 2.45) is 11.8 Å². The number of hydrogen-bond acceptors (Lipinski definition) is 3. The summed E-state index contributed by atoms with van der Waals surface area (Å²) >= 11 is 0. The molecule has 1 aromatic rings. The number of aromatic nitrogens is 1. The summed E-state index contributed by atoms with van der Waals surface area (Å²) in [5, 5.41) is 0. The van der Waals surface area contributed by atoms with Crippen molar-refractivity contribution in [3.8, 4) is 0 Å². The van der Waals surface area contributed by atoms with Crippen molar-refractivity contribution in [3.05, 3.63) is 17.8 Å². The largest absolute Gasteiger partial charge is 0.397 e. The fraction of sp³-hybridized carbons (Fsp3) is 0.667. The highest BCUT2D eigenvalue weighted by Crippen LogP contribution is 2.27. The van der Waals surface area contributed by atoms with Crippen LogP contribution in [-0.2, 0) is 0 Å². The van der Waals surface area contributed by atoms with Gasteiger partial charge >= 0.3 is 0 Å². The third-order valence-electron chi connectivity index (χ3n) is 4.15. The van der Waals surface area contributed by atoms with Gasteiger partial charge in [0.15, 0.2) is 0 Å². The Bertz CT molecular complexity index is 401. The van der Waals surface area contributed by atoms with Crippen LogP contribution in [0.5, 0.6) is 0 Å². The van der Waals surface area contributed by atoms with E-state index in [1.54, 1.807) is 0 Å². The second-order valence-corrected chi connectivity index (χ2v) is 5.77. The molecule has 1 aromatic heterocycles. The van der Waals surface area contributed by atoms with Crippen LogP contribution < -0.4 is 10.6 Å². The fourth-order valence-corrected chi connectivity index (χ4v) is 2.75. The monoisotopic (exact) mass is 247 g/mol. The van der Waals surface area contributed by atoms with Crippen LogP contribution in [-0.4, -0.2) is 18.1 Å². The number of rotatable bonds is 2. The summed E-state index contributed by atoms with van der Waals surface area (Å²) in [6, 6.07) is 4.03. The standard InChI is InChI=1S/C15H25N3/c1-11(2)13-5-4-9-18(10-8-13)15-7-6-14(16)12(3)17-15/h6-7,11,13H,4-5,8-10,16H2,1-3H3. The van der Waals surface area contributed by atoms with Gasteiger partial charge in [-0.15, -0.1) is 0 Å². The molecule has 0 bridgehead atoms. The van der Waals surface area contributed by atoms with Crippen LogP contribution in [0, 0.1) is 18.8 Å². The molecule has 1 unspecified atom stereocenters. The molecule has 100 valence electrons. The number of hydrogen-bond donors (Lipinski definition) is 1. The van der Waals surface area contributed by atoms with Gasteiger partial charge in [-0.1, -0.05) is 13.8 Å². The molecule has 2 heterocycles. The molecule has 1 saturated heterocycles. The highest BCUT2D eigenvalue weighted by molar-refractivity contribution is 5.50. The minimum atomic E-state index is 0.786. The smallest absolute Gasteiger partial charge is 0.128 e. The summed E-state index contributed by atoms with van der Waals surface area (Å²) in [6.45, 7) is 8.91. The number of pyridine rings is 1. The molecule has 0 spiro atoms. The maximum atomic E-state index is 5.83. The predicted molar refractivity (Wildman–Crippen MR) is 77.8 cm³/mol. The Kier molecular flexibility index (Phi) is 4.10. The van der Waals surface area contributed by atoms with E-state index in [-0.39, 0.29) is 0 Å². The quantitative estimate of drug-likeness (QED) is 0.872. The Morgan fingerprint density at radius 2 is 2.06 bits per heavy atom. The lowest BCUT2D eigenvalue weighted by molar-refractivity contribution is 0.351. The highest BCUT2D eigenvalue weighted by Gasteiger charge is 2.20. The lowest BCUT2D eigenvalue weighted by Crippen LogP contribution is -2.25. The maximum Gasteiger partial charge on any atom is 0.128 e. The zero-order valence-corrected chi connectivity index (χ0v) is 11.8. The Morgan fingerprint density at radius 3 is 2.72 bits per heavy atom. The first-order valence-corrected chi connectivity index (χ1v) is 7.06. The second kappa shape index (κ2) is 5.59. The summed E-state index contributed by atoms with van der Waals surface area (Å²) in [4.78, 5) is 7.02. The van der Waals surface area contributed by atoms with Crippen LogP contribution in [0.1, 0.15) is 38.8 Å². The van der Waals surface area contributed by atoms with E-state index in [4.69, 9.17) is 5.73 Å². The first kappa shape index (κ1) is 13.2. The van der Waals surface area contributed by atoms with Crippen molar-refractivity contribution in [3.63, 3.8) is 0 Å². The van der Waals surface area contributed by atoms with E-state index in [1.165, 1.54) is 19.3 Å². The van der Waals surface area contributed by atoms with Crippen LogP contribution in [0.2, 0.25) is 0 Å². The van der Waals surface area contributed by atoms with Gasteiger partial charge in [0.25, 0.3) is 0 Å². The number of nitrogens with two attached hydrogens (primary N) is 1. The zero-order valence-electron chi connectivity index (χ0n) is 11.8. The molecule has 3 heteroatoms. The average Bonchev–Trinajstić information content (AvgIpc) is 2.58. The van der Waals surface area contributed by atoms with Gasteiger partial charge in [-0.2, -0.15) is 0 Å². The van der Waals surface area contributed by atoms with Gasteiger partial charge in [0.1, 0.15) is 5.82 Å². The fourth-order valence-electron chi connectivity index (χ4n) is 2.75. The molecule has 2 rings (SSSR count). The third kappa shape index (κ3) is 2.95. The molecule has 1 aliphatic heterocycles. The van der Waals surface area contributed by atoms with Crippen molar-refractivity contribution >= 4 is 11.5 Å². The summed E-state index contributed by atoms with van der Waals surface area (Å²) in [6.07, 6.45) is 3.90. The van der Waals surface area contributed by atoms with Gasteiger partial charge in [0.2, 0.25) is 0 Å². The maximum absolute atomic E-state index is 5.83. The first-order valence-electron chi connectivity index (χ1n) is 7.06. The van der Waals surface area contributed by atoms with Gasteiger partial charge in [0.05, 0.1) is 11.4 Å². The van der Waals surface area contributed by atoms with Gasteiger partial charge < -0.3 is 10.6 Å². The number of aryl methyl sites for hydroxylation is 1. The summed E-state index contributed by atoms with van der Waals surface area (Å²) < 4.78 is 0. The van der Waals surface area contributed by atoms with E-state index in [0.29, 0.717) is 0 Å². The molecule has 1 aliphatic rings. The summed E-state index contributed by atoms with van der Waals surface area (Å²) in [5.74, 6) is 2.75. The van der Waals surface area contributed by atoms with Gasteiger partial charge in [0, 0.05) is 13.1 Å². The molecular formula is C15H25N3. The summed E-state index contributed by atoms with van der Waals surface area (Å²) in [5.41, 5.74) is 7.56. The zero-order chi connectivity index (χ0) is 13.1.